The van der Waals surface area contributed by atoms with Gasteiger partial charge in [0, 0.05) is 25.7 Å². The molecule has 0 radical (unpaired) electrons. The van der Waals surface area contributed by atoms with Gasteiger partial charge in [-0.2, -0.15) is 0 Å². The van der Waals surface area contributed by atoms with Gasteiger partial charge >= 0.3 is 39.5 Å². The van der Waals surface area contributed by atoms with Gasteiger partial charge in [0.1, 0.15) is 19.3 Å². The minimum Gasteiger partial charge on any atom is -0.462 e. The van der Waals surface area contributed by atoms with Crippen LogP contribution >= 0.6 is 15.6 Å². The lowest BCUT2D eigenvalue weighted by Crippen LogP contribution is -2.30. The number of ether oxygens (including phenoxy) is 4. The van der Waals surface area contributed by atoms with Crippen molar-refractivity contribution in [3.63, 3.8) is 0 Å². The lowest BCUT2D eigenvalue weighted by atomic mass is 10.00. The maximum absolute atomic E-state index is 13.0. The number of rotatable bonds is 64. The Labute approximate surface area is 511 Å². The summed E-state index contributed by atoms with van der Waals surface area (Å²) in [5.74, 6) is -0.628. The fourth-order valence-electron chi connectivity index (χ4n) is 9.68. The molecular formula is C65H126O17P2. The highest BCUT2D eigenvalue weighted by atomic mass is 31.2. The molecule has 0 aliphatic rings. The van der Waals surface area contributed by atoms with Crippen LogP contribution in [0.1, 0.15) is 324 Å². The van der Waals surface area contributed by atoms with Crippen molar-refractivity contribution in [1.82, 2.24) is 0 Å². The minimum atomic E-state index is -4.94. The van der Waals surface area contributed by atoms with Crippen molar-refractivity contribution in [2.75, 3.05) is 39.6 Å². The van der Waals surface area contributed by atoms with E-state index in [1.807, 2.05) is 0 Å². The average molecular weight is 1240 g/mol. The smallest absolute Gasteiger partial charge is 0.462 e. The quantitative estimate of drug-likeness (QED) is 0.0222. The molecule has 0 aromatic carbocycles. The zero-order chi connectivity index (χ0) is 62.2. The predicted molar refractivity (Wildman–Crippen MR) is 335 cm³/mol. The Morgan fingerprint density at radius 3 is 0.905 bits per heavy atom. The van der Waals surface area contributed by atoms with Gasteiger partial charge in [0.15, 0.2) is 12.2 Å². The van der Waals surface area contributed by atoms with Crippen molar-refractivity contribution in [3.05, 3.63) is 0 Å². The minimum absolute atomic E-state index is 0.102. The molecule has 0 bridgehead atoms. The molecule has 0 aliphatic heterocycles. The number of carbonyl (C=O) groups excluding carboxylic acids is 4. The van der Waals surface area contributed by atoms with E-state index in [9.17, 15) is 43.2 Å². The SMILES string of the molecule is CCCCCCCCCCCCCCC(=O)OC[C@H](COP(=O)(O)OC[C@@H](O)COP(=O)(O)OC[C@@H](COC(=O)CCCCCCC)OC(=O)CCCCCCCCC(C)CC)OC(=O)CCCCCCCCCCCCCCCCC(C)C. The normalized spacial score (nSPS) is 14.6. The molecule has 0 fully saturated rings. The monoisotopic (exact) mass is 1240 g/mol. The van der Waals surface area contributed by atoms with E-state index in [-0.39, 0.29) is 25.7 Å². The van der Waals surface area contributed by atoms with Gasteiger partial charge in [-0.3, -0.25) is 37.3 Å². The van der Waals surface area contributed by atoms with Gasteiger partial charge in [0.2, 0.25) is 0 Å². The maximum Gasteiger partial charge on any atom is 0.472 e. The average Bonchev–Trinajstić information content (AvgIpc) is 3.67. The van der Waals surface area contributed by atoms with Crippen molar-refractivity contribution in [1.29, 1.82) is 0 Å². The molecule has 0 saturated carbocycles. The summed E-state index contributed by atoms with van der Waals surface area (Å²) in [4.78, 5) is 72.0. The van der Waals surface area contributed by atoms with Gasteiger partial charge in [0.25, 0.3) is 0 Å². The molecule has 0 aromatic heterocycles. The highest BCUT2D eigenvalue weighted by molar-refractivity contribution is 7.47. The summed E-state index contributed by atoms with van der Waals surface area (Å²) >= 11 is 0. The molecule has 0 aromatic rings. The van der Waals surface area contributed by atoms with Crippen LogP contribution < -0.4 is 0 Å². The molecule has 0 rings (SSSR count). The highest BCUT2D eigenvalue weighted by Gasteiger charge is 2.30. The second kappa shape index (κ2) is 57.5. The second-order valence-electron chi connectivity index (χ2n) is 24.2. The first-order valence-electron chi connectivity index (χ1n) is 34.0. The zero-order valence-electron chi connectivity index (χ0n) is 54.2. The van der Waals surface area contributed by atoms with Crippen LogP contribution in [-0.2, 0) is 65.4 Å². The molecule has 17 nitrogen and oxygen atoms in total. The third-order valence-corrected chi connectivity index (χ3v) is 17.2. The number of phosphoric ester groups is 2. The van der Waals surface area contributed by atoms with Crippen LogP contribution in [-0.4, -0.2) is 96.7 Å². The van der Waals surface area contributed by atoms with Crippen LogP contribution in [0.4, 0.5) is 0 Å². The van der Waals surface area contributed by atoms with Gasteiger partial charge in [-0.15, -0.1) is 0 Å². The molecule has 19 heteroatoms. The number of hydrogen-bond donors (Lipinski definition) is 3. The lowest BCUT2D eigenvalue weighted by molar-refractivity contribution is -0.161. The van der Waals surface area contributed by atoms with Crippen molar-refractivity contribution in [2.45, 2.75) is 342 Å². The number of unbranched alkanes of at least 4 members (excludes halogenated alkanes) is 33. The van der Waals surface area contributed by atoms with E-state index in [2.05, 4.69) is 41.5 Å². The molecular weight excluding hydrogens is 1110 g/mol. The molecule has 0 saturated heterocycles. The van der Waals surface area contributed by atoms with Crippen LogP contribution in [0.3, 0.4) is 0 Å². The van der Waals surface area contributed by atoms with Crippen molar-refractivity contribution >= 4 is 39.5 Å². The number of aliphatic hydroxyl groups is 1. The number of aliphatic hydroxyl groups excluding tert-OH is 1. The zero-order valence-corrected chi connectivity index (χ0v) is 56.0. The van der Waals surface area contributed by atoms with Crippen LogP contribution in [0.2, 0.25) is 0 Å². The van der Waals surface area contributed by atoms with Crippen molar-refractivity contribution in [3.8, 4) is 0 Å². The Balaban J connectivity index is 5.16. The summed E-state index contributed by atoms with van der Waals surface area (Å²) in [7, 11) is -9.88. The summed E-state index contributed by atoms with van der Waals surface area (Å²) in [5.41, 5.74) is 0. The molecule has 0 amide bonds. The van der Waals surface area contributed by atoms with Gasteiger partial charge in [-0.25, -0.2) is 9.13 Å². The van der Waals surface area contributed by atoms with Crippen LogP contribution in [0, 0.1) is 11.8 Å². The summed E-state index contributed by atoms with van der Waals surface area (Å²) in [6.07, 6.45) is 40.7. The third-order valence-electron chi connectivity index (χ3n) is 15.3. The molecule has 6 atom stereocenters. The van der Waals surface area contributed by atoms with Crippen LogP contribution in [0.5, 0.6) is 0 Å². The molecule has 3 N–H and O–H groups in total. The largest absolute Gasteiger partial charge is 0.472 e. The summed E-state index contributed by atoms with van der Waals surface area (Å²) in [6, 6.07) is 0. The Morgan fingerprint density at radius 2 is 0.607 bits per heavy atom. The summed E-state index contributed by atoms with van der Waals surface area (Å²) in [5, 5.41) is 10.5. The second-order valence-corrected chi connectivity index (χ2v) is 27.1. The molecule has 0 heterocycles. The lowest BCUT2D eigenvalue weighted by Gasteiger charge is -2.21. The van der Waals surface area contributed by atoms with Crippen LogP contribution in [0.25, 0.3) is 0 Å². The molecule has 84 heavy (non-hydrogen) atoms. The third kappa shape index (κ3) is 57.8. The van der Waals surface area contributed by atoms with Gasteiger partial charge < -0.3 is 33.8 Å². The Hall–Kier alpha value is -1.94. The van der Waals surface area contributed by atoms with Gasteiger partial charge in [-0.1, -0.05) is 273 Å². The fraction of sp³-hybridized carbons (Fsp3) is 0.938. The Morgan fingerprint density at radius 1 is 0.345 bits per heavy atom. The van der Waals surface area contributed by atoms with E-state index < -0.39 is 97.5 Å². The number of carbonyl (C=O) groups is 4. The Kier molecular flexibility index (Phi) is 56.2. The Bertz CT molecular complexity index is 1650. The first kappa shape index (κ1) is 82.1. The maximum atomic E-state index is 13.0. The van der Waals surface area contributed by atoms with E-state index >= 15 is 0 Å². The van der Waals surface area contributed by atoms with Gasteiger partial charge in [-0.05, 0) is 37.5 Å². The molecule has 0 aliphatic carbocycles. The molecule has 3 unspecified atom stereocenters. The van der Waals surface area contributed by atoms with E-state index in [0.717, 1.165) is 108 Å². The molecule has 498 valence electrons. The summed E-state index contributed by atoms with van der Waals surface area (Å²) < 4.78 is 67.8. The van der Waals surface area contributed by atoms with E-state index in [4.69, 9.17) is 37.0 Å². The number of esters is 4. The predicted octanol–water partition coefficient (Wildman–Crippen LogP) is 18.0. The topological polar surface area (TPSA) is 237 Å². The van der Waals surface area contributed by atoms with E-state index in [1.165, 1.54) is 135 Å². The standard InChI is InChI=1S/C65H126O17P2/c1-7-10-12-14-15-16-17-23-26-29-36-42-48-63(68)76-54-61(81-64(69)49-43-37-30-27-24-21-19-18-20-22-25-28-34-39-45-57(4)5)56-80-84(73,74)78-52-59(66)51-77-83(71,72)79-55-60(53-75-62(67)47-41-33-13-11-8-2)82-65(70)50-44-38-32-31-35-40-46-58(6)9-3/h57-61,66H,7-56H2,1-6H3,(H,71,72)(H,73,74)/t58?,59-,60+,61+/m0/s1. The summed E-state index contributed by atoms with van der Waals surface area (Å²) in [6.45, 7) is 9.39. The number of hydrogen-bond acceptors (Lipinski definition) is 15. The fourth-order valence-corrected chi connectivity index (χ4v) is 11.3. The first-order chi connectivity index (χ1) is 40.4. The van der Waals surface area contributed by atoms with E-state index in [1.54, 1.807) is 0 Å². The first-order valence-corrected chi connectivity index (χ1v) is 37.0. The van der Waals surface area contributed by atoms with Crippen LogP contribution in [0.15, 0.2) is 0 Å². The van der Waals surface area contributed by atoms with E-state index in [0.29, 0.717) is 25.7 Å². The van der Waals surface area contributed by atoms with Crippen molar-refractivity contribution < 1.29 is 80.2 Å². The number of phosphoric acid groups is 2. The highest BCUT2D eigenvalue weighted by Crippen LogP contribution is 2.45. The van der Waals surface area contributed by atoms with Crippen molar-refractivity contribution in [2.24, 2.45) is 11.8 Å². The molecule has 0 spiro atoms. The van der Waals surface area contributed by atoms with Gasteiger partial charge in [0.05, 0.1) is 26.4 Å².